The molecule has 1 aliphatic carbocycles. The summed E-state index contributed by atoms with van der Waals surface area (Å²) in [6.45, 7) is 7.74. The third-order valence-electron chi connectivity index (χ3n) is 4.88. The first-order valence-electron chi connectivity index (χ1n) is 7.43. The summed E-state index contributed by atoms with van der Waals surface area (Å²) < 4.78 is 4.33. The van der Waals surface area contributed by atoms with Crippen LogP contribution in [0.2, 0.25) is 0 Å². The van der Waals surface area contributed by atoms with Gasteiger partial charge >= 0.3 is 0 Å². The molecule has 0 saturated heterocycles. The third-order valence-corrected chi connectivity index (χ3v) is 5.07. The molecule has 0 aromatic carbocycles. The summed E-state index contributed by atoms with van der Waals surface area (Å²) in [6, 6.07) is 0. The van der Waals surface area contributed by atoms with Crippen molar-refractivity contribution in [2.24, 2.45) is 18.4 Å². The minimum atomic E-state index is 0.451. The third kappa shape index (κ3) is 2.05. The minimum Gasteiger partial charge on any atom is -0.312 e. The van der Waals surface area contributed by atoms with Crippen molar-refractivity contribution in [1.82, 2.24) is 19.3 Å². The number of nitrogens with zero attached hydrogens (tertiary/aromatic N) is 4. The number of hydrogen-bond acceptors (Lipinski definition) is 2. The van der Waals surface area contributed by atoms with E-state index in [9.17, 15) is 0 Å². The molecule has 0 amide bonds. The van der Waals surface area contributed by atoms with Crippen molar-refractivity contribution in [2.75, 3.05) is 5.88 Å². The van der Waals surface area contributed by atoms with Gasteiger partial charge in [0.05, 0.1) is 5.69 Å². The highest BCUT2D eigenvalue weighted by Gasteiger charge is 2.46. The van der Waals surface area contributed by atoms with Gasteiger partial charge < -0.3 is 4.57 Å². The van der Waals surface area contributed by atoms with Crippen LogP contribution in [0, 0.1) is 18.3 Å². The summed E-state index contributed by atoms with van der Waals surface area (Å²) in [5.41, 5.74) is 3.64. The molecule has 5 heteroatoms. The molecule has 2 heterocycles. The summed E-state index contributed by atoms with van der Waals surface area (Å²) in [5.74, 6) is 2.43. The summed E-state index contributed by atoms with van der Waals surface area (Å²) in [7, 11) is 2.01. The van der Waals surface area contributed by atoms with Gasteiger partial charge in [-0.3, -0.25) is 4.68 Å². The Morgan fingerprint density at radius 2 is 2.05 bits per heavy atom. The number of halogens is 1. The van der Waals surface area contributed by atoms with Crippen LogP contribution in [0.5, 0.6) is 0 Å². The molecule has 0 bridgehead atoms. The predicted molar refractivity (Wildman–Crippen MR) is 82.2 cm³/mol. The molecule has 1 aliphatic rings. The Bertz CT molecular complexity index is 634. The van der Waals surface area contributed by atoms with Gasteiger partial charge in [-0.2, -0.15) is 5.10 Å². The highest BCUT2D eigenvalue weighted by Crippen LogP contribution is 2.53. The first-order valence-corrected chi connectivity index (χ1v) is 7.96. The monoisotopic (exact) mass is 294 g/mol. The van der Waals surface area contributed by atoms with Gasteiger partial charge in [0.1, 0.15) is 11.3 Å². The van der Waals surface area contributed by atoms with Crippen molar-refractivity contribution in [1.29, 1.82) is 0 Å². The van der Waals surface area contributed by atoms with Crippen LogP contribution < -0.4 is 0 Å². The summed E-state index contributed by atoms with van der Waals surface area (Å²) >= 11 is 5.96. The lowest BCUT2D eigenvalue weighted by Crippen LogP contribution is -2.20. The fourth-order valence-corrected chi connectivity index (χ4v) is 3.38. The molecule has 20 heavy (non-hydrogen) atoms. The predicted octanol–water partition coefficient (Wildman–Crippen LogP) is 3.30. The Labute approximate surface area is 125 Å². The van der Waals surface area contributed by atoms with Gasteiger partial charge in [-0.25, -0.2) is 4.98 Å². The van der Waals surface area contributed by atoms with Gasteiger partial charge in [-0.15, -0.1) is 11.6 Å². The van der Waals surface area contributed by atoms with Gasteiger partial charge in [0.25, 0.3) is 0 Å². The molecule has 4 nitrogen and oxygen atoms in total. The van der Waals surface area contributed by atoms with E-state index in [2.05, 4.69) is 23.5 Å². The van der Waals surface area contributed by atoms with E-state index in [1.165, 1.54) is 12.8 Å². The fraction of sp³-hybridized carbons (Fsp3) is 0.733. The van der Waals surface area contributed by atoms with Crippen LogP contribution in [0.25, 0.3) is 11.2 Å². The zero-order valence-electron chi connectivity index (χ0n) is 12.8. The lowest BCUT2D eigenvalue weighted by atomic mass is 9.92. The average molecular weight is 295 g/mol. The van der Waals surface area contributed by atoms with Gasteiger partial charge in [0.15, 0.2) is 5.65 Å². The zero-order valence-corrected chi connectivity index (χ0v) is 13.5. The minimum absolute atomic E-state index is 0.451. The maximum absolute atomic E-state index is 5.96. The van der Waals surface area contributed by atoms with E-state index < -0.39 is 0 Å². The van der Waals surface area contributed by atoms with Crippen molar-refractivity contribution in [3.05, 3.63) is 11.5 Å². The fourth-order valence-electron chi connectivity index (χ4n) is 3.21. The molecule has 0 unspecified atom stereocenters. The number of hydrogen-bond donors (Lipinski definition) is 0. The largest absolute Gasteiger partial charge is 0.312 e. The van der Waals surface area contributed by atoms with Gasteiger partial charge in [-0.05, 0) is 31.1 Å². The maximum atomic E-state index is 5.96. The van der Waals surface area contributed by atoms with Crippen molar-refractivity contribution < 1.29 is 0 Å². The number of rotatable bonds is 5. The normalized spacial score (nSPS) is 17.3. The number of aryl methyl sites for hydroxylation is 3. The van der Waals surface area contributed by atoms with E-state index in [1.54, 1.807) is 0 Å². The Balaban J connectivity index is 2.09. The zero-order chi connectivity index (χ0) is 14.5. The molecular formula is C15H23ClN4. The molecule has 3 rings (SSSR count). The Morgan fingerprint density at radius 1 is 1.35 bits per heavy atom. The van der Waals surface area contributed by atoms with Crippen LogP contribution in [0.3, 0.4) is 0 Å². The smallest absolute Gasteiger partial charge is 0.158 e. The Hall–Kier alpha value is -1.03. The molecule has 0 N–H and O–H groups in total. The second kappa shape index (κ2) is 4.76. The summed E-state index contributed by atoms with van der Waals surface area (Å²) in [6.07, 6.45) is 3.47. The van der Waals surface area contributed by atoms with Crippen LogP contribution in [0.4, 0.5) is 0 Å². The van der Waals surface area contributed by atoms with E-state index in [1.807, 2.05) is 18.7 Å². The van der Waals surface area contributed by atoms with Crippen LogP contribution in [0.15, 0.2) is 0 Å². The lowest BCUT2D eigenvalue weighted by molar-refractivity contribution is 0.307. The Morgan fingerprint density at radius 3 is 2.60 bits per heavy atom. The standard InChI is InChI=1S/C15H23ClN4/c1-10(2)15(6-7-15)9-20-12(5-8-16)17-13-11(3)18-19(4)14(13)20/h10H,5-9H2,1-4H3. The molecule has 2 aromatic heterocycles. The molecule has 1 saturated carbocycles. The molecule has 0 radical (unpaired) electrons. The molecule has 1 fully saturated rings. The van der Waals surface area contributed by atoms with Crippen LogP contribution in [0.1, 0.15) is 38.2 Å². The van der Waals surface area contributed by atoms with E-state index in [4.69, 9.17) is 16.6 Å². The van der Waals surface area contributed by atoms with Crippen molar-refractivity contribution in [3.8, 4) is 0 Å². The number of fused-ring (bicyclic) bond motifs is 1. The SMILES string of the molecule is Cc1nn(C)c2c1nc(CCCl)n2CC1(C(C)C)CC1. The summed E-state index contributed by atoms with van der Waals surface area (Å²) in [4.78, 5) is 4.79. The first kappa shape index (κ1) is 13.9. The van der Waals surface area contributed by atoms with E-state index >= 15 is 0 Å². The van der Waals surface area contributed by atoms with Gasteiger partial charge in [0.2, 0.25) is 0 Å². The first-order chi connectivity index (χ1) is 9.48. The molecular weight excluding hydrogens is 272 g/mol. The van der Waals surface area contributed by atoms with E-state index in [-0.39, 0.29) is 0 Å². The number of aromatic nitrogens is 4. The molecule has 0 spiro atoms. The quantitative estimate of drug-likeness (QED) is 0.793. The van der Waals surface area contributed by atoms with Crippen molar-refractivity contribution in [3.63, 3.8) is 0 Å². The van der Waals surface area contributed by atoms with Gasteiger partial charge in [-0.1, -0.05) is 13.8 Å². The molecule has 0 aliphatic heterocycles. The van der Waals surface area contributed by atoms with Crippen LogP contribution in [-0.4, -0.2) is 25.2 Å². The highest BCUT2D eigenvalue weighted by atomic mass is 35.5. The average Bonchev–Trinajstić information content (AvgIpc) is 3.01. The lowest BCUT2D eigenvalue weighted by Gasteiger charge is -2.22. The second-order valence-electron chi connectivity index (χ2n) is 6.45. The van der Waals surface area contributed by atoms with E-state index in [0.29, 0.717) is 17.2 Å². The van der Waals surface area contributed by atoms with Crippen molar-refractivity contribution in [2.45, 2.75) is 46.6 Å². The Kier molecular flexibility index (Phi) is 3.32. The maximum Gasteiger partial charge on any atom is 0.158 e. The van der Waals surface area contributed by atoms with Gasteiger partial charge in [0, 0.05) is 25.9 Å². The van der Waals surface area contributed by atoms with Crippen LogP contribution >= 0.6 is 11.6 Å². The topological polar surface area (TPSA) is 35.6 Å². The second-order valence-corrected chi connectivity index (χ2v) is 6.83. The highest BCUT2D eigenvalue weighted by molar-refractivity contribution is 6.17. The van der Waals surface area contributed by atoms with Crippen molar-refractivity contribution >= 4 is 22.8 Å². The molecule has 0 atom stereocenters. The van der Waals surface area contributed by atoms with E-state index in [0.717, 1.165) is 35.6 Å². The van der Waals surface area contributed by atoms with Crippen LogP contribution in [-0.2, 0) is 20.0 Å². The number of imidazole rings is 1. The number of alkyl halides is 1. The summed E-state index contributed by atoms with van der Waals surface area (Å²) in [5, 5.41) is 4.51. The molecule has 110 valence electrons. The molecule has 2 aromatic rings.